The lowest BCUT2D eigenvalue weighted by Gasteiger charge is -2.10. The molecule has 2 nitrogen and oxygen atoms in total. The highest BCUT2D eigenvalue weighted by molar-refractivity contribution is 6.30. The molecule has 0 saturated heterocycles. The smallest absolute Gasteiger partial charge is 0.145 e. The van der Waals surface area contributed by atoms with E-state index in [4.69, 9.17) is 16.3 Å². The van der Waals surface area contributed by atoms with Crippen LogP contribution in [-0.2, 0) is 25.7 Å². The maximum Gasteiger partial charge on any atom is 0.145 e. The zero-order valence-corrected chi connectivity index (χ0v) is 21.1. The maximum atomic E-state index is 15.2. The second kappa shape index (κ2) is 12.3. The van der Waals surface area contributed by atoms with E-state index in [1.807, 2.05) is 30.3 Å². The number of aromatic nitrogens is 1. The van der Waals surface area contributed by atoms with Crippen molar-refractivity contribution in [2.75, 3.05) is 6.61 Å². The van der Waals surface area contributed by atoms with E-state index in [1.165, 1.54) is 12.1 Å². The van der Waals surface area contributed by atoms with Crippen molar-refractivity contribution in [1.82, 2.24) is 4.98 Å². The zero-order valence-electron chi connectivity index (χ0n) is 20.3. The van der Waals surface area contributed by atoms with E-state index in [0.717, 1.165) is 54.5 Å². The third-order valence-corrected chi connectivity index (χ3v) is 6.67. The van der Waals surface area contributed by atoms with Gasteiger partial charge in [0, 0.05) is 11.1 Å². The third-order valence-electron chi connectivity index (χ3n) is 6.31. The predicted octanol–water partition coefficient (Wildman–Crippen LogP) is 8.44. The van der Waals surface area contributed by atoms with Gasteiger partial charge >= 0.3 is 0 Å². The molecule has 0 aliphatic heterocycles. The number of benzene rings is 3. The van der Waals surface area contributed by atoms with Crippen LogP contribution in [0.4, 0.5) is 13.2 Å². The number of aryl methyl sites for hydroxylation is 4. The fourth-order valence-electron chi connectivity index (χ4n) is 4.23. The number of unbranched alkanes of at least 4 members (excludes halogenated alkanes) is 2. The molecule has 6 heteroatoms. The van der Waals surface area contributed by atoms with Crippen molar-refractivity contribution < 1.29 is 17.9 Å². The van der Waals surface area contributed by atoms with Gasteiger partial charge in [-0.3, -0.25) is 4.98 Å². The summed E-state index contributed by atoms with van der Waals surface area (Å²) < 4.78 is 48.3. The molecule has 0 aliphatic rings. The first kappa shape index (κ1) is 26.0. The van der Waals surface area contributed by atoms with Gasteiger partial charge in [-0.05, 0) is 78.4 Å². The van der Waals surface area contributed by atoms with Crippen LogP contribution in [0, 0.1) is 17.5 Å². The number of hydrogen-bond acceptors (Lipinski definition) is 2. The topological polar surface area (TPSA) is 22.1 Å². The molecule has 0 fully saturated rings. The molecule has 4 rings (SSSR count). The summed E-state index contributed by atoms with van der Waals surface area (Å²) >= 11 is 5.54. The maximum absolute atomic E-state index is 15.2. The fraction of sp³-hybridized carbons (Fsp3) is 0.300. The lowest BCUT2D eigenvalue weighted by molar-refractivity contribution is 0.305. The van der Waals surface area contributed by atoms with Crippen molar-refractivity contribution in [3.63, 3.8) is 0 Å². The Hall–Kier alpha value is -3.05. The van der Waals surface area contributed by atoms with Crippen LogP contribution < -0.4 is 4.74 Å². The van der Waals surface area contributed by atoms with Crippen molar-refractivity contribution in [1.29, 1.82) is 0 Å². The SMILES string of the molecule is CCCCCOc1ccc(CCc2ccc3c(F)c(CCc4cc(F)c(Cl)c(F)c4)ccc3c2)nc1. The Morgan fingerprint density at radius 3 is 2.31 bits per heavy atom. The molecule has 188 valence electrons. The van der Waals surface area contributed by atoms with E-state index >= 15 is 4.39 Å². The molecule has 0 spiro atoms. The van der Waals surface area contributed by atoms with Gasteiger partial charge in [-0.1, -0.05) is 61.7 Å². The van der Waals surface area contributed by atoms with Gasteiger partial charge in [0.15, 0.2) is 0 Å². The minimum absolute atomic E-state index is 0.301. The van der Waals surface area contributed by atoms with Crippen LogP contribution in [0.5, 0.6) is 5.75 Å². The van der Waals surface area contributed by atoms with E-state index < -0.39 is 16.7 Å². The summed E-state index contributed by atoms with van der Waals surface area (Å²) in [6.45, 7) is 2.88. The molecule has 0 saturated carbocycles. The van der Waals surface area contributed by atoms with Gasteiger partial charge in [-0.25, -0.2) is 13.2 Å². The van der Waals surface area contributed by atoms with E-state index in [2.05, 4.69) is 11.9 Å². The van der Waals surface area contributed by atoms with Gasteiger partial charge in [0.2, 0.25) is 0 Å². The van der Waals surface area contributed by atoms with E-state index in [-0.39, 0.29) is 5.82 Å². The van der Waals surface area contributed by atoms with Crippen LogP contribution >= 0.6 is 11.6 Å². The van der Waals surface area contributed by atoms with Crippen LogP contribution in [0.2, 0.25) is 5.02 Å². The normalized spacial score (nSPS) is 11.2. The first-order chi connectivity index (χ1) is 17.4. The molecule has 1 aromatic heterocycles. The molecule has 0 N–H and O–H groups in total. The molecule has 0 aliphatic carbocycles. The molecule has 0 unspecified atom stereocenters. The average molecular weight is 512 g/mol. The number of hydrogen-bond donors (Lipinski definition) is 0. The Bertz CT molecular complexity index is 1300. The average Bonchev–Trinajstić information content (AvgIpc) is 2.88. The van der Waals surface area contributed by atoms with Gasteiger partial charge in [0.25, 0.3) is 0 Å². The van der Waals surface area contributed by atoms with Crippen molar-refractivity contribution in [2.24, 2.45) is 0 Å². The van der Waals surface area contributed by atoms with Crippen LogP contribution in [0.25, 0.3) is 10.8 Å². The number of halogens is 4. The fourth-order valence-corrected chi connectivity index (χ4v) is 4.33. The number of pyridine rings is 1. The van der Waals surface area contributed by atoms with E-state index in [1.54, 1.807) is 18.3 Å². The van der Waals surface area contributed by atoms with Crippen LogP contribution in [-0.4, -0.2) is 11.6 Å². The number of rotatable bonds is 11. The zero-order chi connectivity index (χ0) is 25.5. The van der Waals surface area contributed by atoms with Gasteiger partial charge in [-0.2, -0.15) is 0 Å². The molecule has 0 atom stereocenters. The van der Waals surface area contributed by atoms with Crippen molar-refractivity contribution >= 4 is 22.4 Å². The molecule has 0 radical (unpaired) electrons. The van der Waals surface area contributed by atoms with Crippen molar-refractivity contribution in [2.45, 2.75) is 51.9 Å². The molecular formula is C30H29ClF3NO. The monoisotopic (exact) mass is 511 g/mol. The Labute approximate surface area is 215 Å². The Kier molecular flexibility index (Phi) is 8.87. The molecular weight excluding hydrogens is 483 g/mol. The molecule has 0 amide bonds. The highest BCUT2D eigenvalue weighted by atomic mass is 35.5. The van der Waals surface area contributed by atoms with E-state index in [0.29, 0.717) is 36.0 Å². The first-order valence-electron chi connectivity index (χ1n) is 12.4. The Morgan fingerprint density at radius 1 is 0.806 bits per heavy atom. The summed E-state index contributed by atoms with van der Waals surface area (Å²) in [7, 11) is 0. The minimum atomic E-state index is -0.805. The standard InChI is InChI=1S/C30H29ClF3NO/c1-2-3-4-15-36-25-13-12-24(35-19-25)11-6-20-7-14-26-23(16-20)10-9-22(30(26)34)8-5-21-17-27(32)29(31)28(33)18-21/h7,9-10,12-14,16-19H,2-6,8,11,15H2,1H3. The van der Waals surface area contributed by atoms with Crippen molar-refractivity contribution in [3.05, 3.63) is 106 Å². The molecule has 36 heavy (non-hydrogen) atoms. The lowest BCUT2D eigenvalue weighted by Crippen LogP contribution is -2.00. The molecule has 1 heterocycles. The lowest BCUT2D eigenvalue weighted by atomic mass is 9.98. The second-order valence-corrected chi connectivity index (χ2v) is 9.39. The summed E-state index contributed by atoms with van der Waals surface area (Å²) in [4.78, 5) is 4.50. The predicted molar refractivity (Wildman–Crippen MR) is 139 cm³/mol. The number of fused-ring (bicyclic) bond motifs is 1. The summed E-state index contributed by atoms with van der Waals surface area (Å²) in [6.07, 6.45) is 7.34. The highest BCUT2D eigenvalue weighted by Crippen LogP contribution is 2.26. The van der Waals surface area contributed by atoms with E-state index in [9.17, 15) is 8.78 Å². The quantitative estimate of drug-likeness (QED) is 0.149. The first-order valence-corrected chi connectivity index (χ1v) is 12.7. The third kappa shape index (κ3) is 6.58. The van der Waals surface area contributed by atoms with Gasteiger partial charge in [0.05, 0.1) is 12.8 Å². The van der Waals surface area contributed by atoms with Crippen LogP contribution in [0.1, 0.15) is 48.6 Å². The van der Waals surface area contributed by atoms with Crippen molar-refractivity contribution in [3.8, 4) is 5.75 Å². The number of nitrogens with zero attached hydrogens (tertiary/aromatic N) is 1. The second-order valence-electron chi connectivity index (χ2n) is 9.01. The van der Waals surface area contributed by atoms with Crippen LogP contribution in [0.15, 0.2) is 60.8 Å². The molecule has 4 aromatic rings. The summed E-state index contributed by atoms with van der Waals surface area (Å²) in [5.41, 5.74) is 3.03. The molecule has 3 aromatic carbocycles. The van der Waals surface area contributed by atoms with Crippen LogP contribution in [0.3, 0.4) is 0 Å². The largest absolute Gasteiger partial charge is 0.492 e. The van der Waals surface area contributed by atoms with Gasteiger partial charge in [-0.15, -0.1) is 0 Å². The summed E-state index contributed by atoms with van der Waals surface area (Å²) in [6, 6.07) is 15.7. The summed E-state index contributed by atoms with van der Waals surface area (Å²) in [5, 5.41) is 0.833. The van der Waals surface area contributed by atoms with Gasteiger partial charge in [0.1, 0.15) is 28.2 Å². The number of ether oxygens (including phenoxy) is 1. The minimum Gasteiger partial charge on any atom is -0.492 e. The summed E-state index contributed by atoms with van der Waals surface area (Å²) in [5.74, 6) is -1.12. The molecule has 0 bridgehead atoms. The highest BCUT2D eigenvalue weighted by Gasteiger charge is 2.12. The Morgan fingerprint density at radius 2 is 1.58 bits per heavy atom. The Balaban J connectivity index is 1.37. The van der Waals surface area contributed by atoms with Gasteiger partial charge < -0.3 is 4.74 Å².